The van der Waals surface area contributed by atoms with Crippen LogP contribution in [0, 0.1) is 5.41 Å². The van der Waals surface area contributed by atoms with E-state index in [1.165, 1.54) is 0 Å². The predicted octanol–water partition coefficient (Wildman–Crippen LogP) is 4.28. The van der Waals surface area contributed by atoms with E-state index in [9.17, 15) is 4.79 Å². The Kier molecular flexibility index (Phi) is 7.64. The highest BCUT2D eigenvalue weighted by atomic mass is 35.5. The van der Waals surface area contributed by atoms with Gasteiger partial charge < -0.3 is 14.8 Å². The minimum absolute atomic E-state index is 0.00361. The van der Waals surface area contributed by atoms with Gasteiger partial charge in [-0.1, -0.05) is 30.1 Å². The number of likely N-dealkylation sites (tertiary alicyclic amines) is 1. The van der Waals surface area contributed by atoms with E-state index in [1.54, 1.807) is 24.3 Å². The number of hydrogen-bond donors (Lipinski definition) is 1. The van der Waals surface area contributed by atoms with E-state index in [1.807, 2.05) is 24.3 Å². The molecule has 29 heavy (non-hydrogen) atoms. The van der Waals surface area contributed by atoms with Crippen LogP contribution in [0.15, 0.2) is 48.5 Å². The largest absolute Gasteiger partial charge is 0.492 e. The Morgan fingerprint density at radius 1 is 1.03 bits per heavy atom. The Balaban J connectivity index is 1.34. The third kappa shape index (κ3) is 7.11. The van der Waals surface area contributed by atoms with Crippen LogP contribution in [-0.2, 0) is 4.79 Å². The first-order valence-corrected chi connectivity index (χ1v) is 10.4. The minimum Gasteiger partial charge on any atom is -0.492 e. The van der Waals surface area contributed by atoms with Gasteiger partial charge in [0.2, 0.25) is 0 Å². The molecule has 1 heterocycles. The number of carbonyl (C=O) groups is 1. The van der Waals surface area contributed by atoms with Crippen LogP contribution >= 0.6 is 23.2 Å². The Morgan fingerprint density at radius 3 is 2.24 bits per heavy atom. The molecule has 1 atom stereocenters. The molecular formula is C22H26Cl2N2O3. The first kappa shape index (κ1) is 21.8. The number of benzene rings is 2. The van der Waals surface area contributed by atoms with Crippen LogP contribution in [0.1, 0.15) is 13.3 Å². The standard InChI is InChI=1S/C22H26Cl2N2O3/c1-22(15-25-21(27)14-29-20-8-4-18(24)5-9-20)10-11-26(16-22)12-13-28-19-6-2-17(23)3-7-19/h2-9H,10-16H2,1H3,(H,25,27). The average Bonchev–Trinajstić information content (AvgIpc) is 3.09. The fraction of sp³-hybridized carbons (Fsp3) is 0.409. The van der Waals surface area contributed by atoms with Crippen LogP contribution in [0.3, 0.4) is 0 Å². The molecule has 1 N–H and O–H groups in total. The van der Waals surface area contributed by atoms with Crippen molar-refractivity contribution in [2.45, 2.75) is 13.3 Å². The van der Waals surface area contributed by atoms with Crippen molar-refractivity contribution in [3.63, 3.8) is 0 Å². The molecule has 0 aliphatic carbocycles. The van der Waals surface area contributed by atoms with Crippen LogP contribution in [0.4, 0.5) is 0 Å². The monoisotopic (exact) mass is 436 g/mol. The second kappa shape index (κ2) is 10.2. The van der Waals surface area contributed by atoms with Crippen molar-refractivity contribution in [3.05, 3.63) is 58.6 Å². The maximum absolute atomic E-state index is 12.1. The summed E-state index contributed by atoms with van der Waals surface area (Å²) in [5, 5.41) is 4.33. The van der Waals surface area contributed by atoms with E-state index in [-0.39, 0.29) is 17.9 Å². The molecular weight excluding hydrogens is 411 g/mol. The molecule has 7 heteroatoms. The topological polar surface area (TPSA) is 50.8 Å². The molecule has 0 spiro atoms. The number of amides is 1. The second-order valence-electron chi connectivity index (χ2n) is 7.66. The van der Waals surface area contributed by atoms with Crippen molar-refractivity contribution in [2.24, 2.45) is 5.41 Å². The van der Waals surface area contributed by atoms with E-state index in [0.717, 1.165) is 31.8 Å². The van der Waals surface area contributed by atoms with Gasteiger partial charge in [-0.15, -0.1) is 0 Å². The molecule has 3 rings (SSSR count). The van der Waals surface area contributed by atoms with Gasteiger partial charge in [-0.05, 0) is 66.9 Å². The normalized spacial score (nSPS) is 19.1. The van der Waals surface area contributed by atoms with Gasteiger partial charge in [0, 0.05) is 29.7 Å². The number of hydrogen-bond acceptors (Lipinski definition) is 4. The highest BCUT2D eigenvalue weighted by Crippen LogP contribution is 2.29. The zero-order chi connectivity index (χ0) is 20.7. The van der Waals surface area contributed by atoms with Crippen molar-refractivity contribution in [3.8, 4) is 11.5 Å². The summed E-state index contributed by atoms with van der Waals surface area (Å²) in [6, 6.07) is 14.4. The van der Waals surface area contributed by atoms with Crippen LogP contribution in [-0.4, -0.2) is 50.2 Å². The summed E-state index contributed by atoms with van der Waals surface area (Å²) in [5.74, 6) is 1.33. The van der Waals surface area contributed by atoms with Crippen molar-refractivity contribution >= 4 is 29.1 Å². The number of rotatable bonds is 9. The van der Waals surface area contributed by atoms with Gasteiger partial charge in [-0.3, -0.25) is 9.69 Å². The molecule has 1 amide bonds. The van der Waals surface area contributed by atoms with Crippen molar-refractivity contribution in [2.75, 3.05) is 39.4 Å². The lowest BCUT2D eigenvalue weighted by atomic mass is 9.90. The van der Waals surface area contributed by atoms with E-state index >= 15 is 0 Å². The van der Waals surface area contributed by atoms with Gasteiger partial charge in [-0.25, -0.2) is 0 Å². The molecule has 0 saturated carbocycles. The summed E-state index contributed by atoms with van der Waals surface area (Å²) in [6.45, 7) is 6.23. The number of halogens is 2. The van der Waals surface area contributed by atoms with Crippen LogP contribution in [0.5, 0.6) is 11.5 Å². The van der Waals surface area contributed by atoms with Crippen molar-refractivity contribution in [1.82, 2.24) is 10.2 Å². The third-order valence-electron chi connectivity index (χ3n) is 5.02. The highest BCUT2D eigenvalue weighted by molar-refractivity contribution is 6.30. The molecule has 0 bridgehead atoms. The molecule has 5 nitrogen and oxygen atoms in total. The van der Waals surface area contributed by atoms with E-state index in [4.69, 9.17) is 32.7 Å². The molecule has 0 aromatic heterocycles. The fourth-order valence-electron chi connectivity index (χ4n) is 3.33. The van der Waals surface area contributed by atoms with Gasteiger partial charge >= 0.3 is 0 Å². The molecule has 1 aliphatic rings. The molecule has 1 saturated heterocycles. The van der Waals surface area contributed by atoms with Gasteiger partial charge in [0.05, 0.1) is 0 Å². The van der Waals surface area contributed by atoms with Crippen molar-refractivity contribution in [1.29, 1.82) is 0 Å². The van der Waals surface area contributed by atoms with E-state index in [2.05, 4.69) is 17.1 Å². The first-order valence-electron chi connectivity index (χ1n) is 9.68. The Labute approximate surface area is 181 Å². The predicted molar refractivity (Wildman–Crippen MR) is 116 cm³/mol. The first-order chi connectivity index (χ1) is 13.9. The number of nitrogens with zero attached hydrogens (tertiary/aromatic N) is 1. The summed E-state index contributed by atoms with van der Waals surface area (Å²) in [6.07, 6.45) is 1.03. The summed E-state index contributed by atoms with van der Waals surface area (Å²) >= 11 is 11.7. The number of nitrogens with one attached hydrogen (secondary N) is 1. The maximum atomic E-state index is 12.1. The zero-order valence-electron chi connectivity index (χ0n) is 16.5. The minimum atomic E-state index is -0.120. The molecule has 2 aromatic rings. The summed E-state index contributed by atoms with van der Waals surface area (Å²) in [7, 11) is 0. The van der Waals surface area contributed by atoms with E-state index < -0.39 is 0 Å². The molecule has 1 aliphatic heterocycles. The Bertz CT molecular complexity index is 799. The summed E-state index contributed by atoms with van der Waals surface area (Å²) in [4.78, 5) is 14.5. The third-order valence-corrected chi connectivity index (χ3v) is 5.53. The van der Waals surface area contributed by atoms with Crippen LogP contribution in [0.2, 0.25) is 10.0 Å². The van der Waals surface area contributed by atoms with Crippen molar-refractivity contribution < 1.29 is 14.3 Å². The second-order valence-corrected chi connectivity index (χ2v) is 8.53. The van der Waals surface area contributed by atoms with E-state index in [0.29, 0.717) is 28.9 Å². The average molecular weight is 437 g/mol. The lowest BCUT2D eigenvalue weighted by Crippen LogP contribution is -2.40. The molecule has 2 aromatic carbocycles. The Hall–Kier alpha value is -1.95. The molecule has 1 fully saturated rings. The fourth-order valence-corrected chi connectivity index (χ4v) is 3.58. The SMILES string of the molecule is CC1(CNC(=O)COc2ccc(Cl)cc2)CCN(CCOc2ccc(Cl)cc2)C1. The highest BCUT2D eigenvalue weighted by Gasteiger charge is 2.33. The van der Waals surface area contributed by atoms with Crippen LogP contribution < -0.4 is 14.8 Å². The van der Waals surface area contributed by atoms with Gasteiger partial charge in [0.1, 0.15) is 18.1 Å². The number of carbonyl (C=O) groups excluding carboxylic acids is 1. The maximum Gasteiger partial charge on any atom is 0.257 e. The quantitative estimate of drug-likeness (QED) is 0.637. The molecule has 1 unspecified atom stereocenters. The molecule has 0 radical (unpaired) electrons. The van der Waals surface area contributed by atoms with Gasteiger partial charge in [-0.2, -0.15) is 0 Å². The number of ether oxygens (including phenoxy) is 2. The summed E-state index contributed by atoms with van der Waals surface area (Å²) in [5.41, 5.74) is 0.0518. The van der Waals surface area contributed by atoms with Gasteiger partial charge in [0.25, 0.3) is 5.91 Å². The molecule has 156 valence electrons. The van der Waals surface area contributed by atoms with Gasteiger partial charge in [0.15, 0.2) is 6.61 Å². The lowest BCUT2D eigenvalue weighted by molar-refractivity contribution is -0.123. The summed E-state index contributed by atoms with van der Waals surface area (Å²) < 4.78 is 11.3. The Morgan fingerprint density at radius 2 is 1.62 bits per heavy atom. The zero-order valence-corrected chi connectivity index (χ0v) is 18.0. The smallest absolute Gasteiger partial charge is 0.257 e. The lowest BCUT2D eigenvalue weighted by Gasteiger charge is -2.25. The van der Waals surface area contributed by atoms with Crippen LogP contribution in [0.25, 0.3) is 0 Å².